The van der Waals surface area contributed by atoms with Gasteiger partial charge in [-0.3, -0.25) is 0 Å². The van der Waals surface area contributed by atoms with Crippen molar-refractivity contribution >= 4 is 10.8 Å². The Kier molecular flexibility index (Phi) is 6.15. The Balaban J connectivity index is 1.24. The average molecular weight is 577 g/mol. The van der Waals surface area contributed by atoms with Crippen LogP contribution >= 0.6 is 0 Å². The molecule has 1 aromatic heterocycles. The molecule has 0 radical (unpaired) electrons. The molecule has 0 fully saturated rings. The summed E-state index contributed by atoms with van der Waals surface area (Å²) in [7, 11) is 0. The molecule has 0 atom stereocenters. The lowest BCUT2D eigenvalue weighted by Crippen LogP contribution is -2.17. The number of fused-ring (bicyclic) bond motifs is 4. The lowest BCUT2D eigenvalue weighted by molar-refractivity contribution is 0.661. The monoisotopic (exact) mass is 576 g/mol. The number of nitrogens with zero attached hydrogens (tertiary/aromatic N) is 4. The van der Waals surface area contributed by atoms with Gasteiger partial charge in [0.1, 0.15) is 0 Å². The zero-order chi connectivity index (χ0) is 30.5. The van der Waals surface area contributed by atoms with E-state index in [1.54, 1.807) is 0 Å². The Hall–Kier alpha value is -5.92. The molecule has 7 aromatic rings. The van der Waals surface area contributed by atoms with Gasteiger partial charge in [0.15, 0.2) is 17.5 Å². The molecule has 0 saturated heterocycles. The lowest BCUT2D eigenvalue weighted by atomic mass is 9.80. The molecule has 212 valence electrons. The van der Waals surface area contributed by atoms with Crippen LogP contribution in [0, 0.1) is 11.3 Å². The minimum Gasteiger partial charge on any atom is -0.208 e. The van der Waals surface area contributed by atoms with Crippen molar-refractivity contribution in [2.45, 2.75) is 19.3 Å². The largest absolute Gasteiger partial charge is 0.208 e. The van der Waals surface area contributed by atoms with Gasteiger partial charge >= 0.3 is 0 Å². The number of rotatable bonds is 4. The quantitative estimate of drug-likeness (QED) is 0.209. The third kappa shape index (κ3) is 4.49. The summed E-state index contributed by atoms with van der Waals surface area (Å²) in [5, 5.41) is 11.4. The van der Waals surface area contributed by atoms with E-state index in [0.717, 1.165) is 38.6 Å². The summed E-state index contributed by atoms with van der Waals surface area (Å²) in [6.07, 6.45) is 0. The summed E-state index contributed by atoms with van der Waals surface area (Å²) < 4.78 is 0. The standard InChI is InChI=1S/C41H28N4/c1-41(2)36-14-7-6-11-33(36)34-12-8-13-35(37(34)41)40-44-38(28-9-4-3-5-10-28)43-39(45-40)29-19-17-27(18-20-29)31-22-21-30-23-26(25-42)15-16-32(30)24-31/h3-24H,1-2H3. The van der Waals surface area contributed by atoms with Gasteiger partial charge in [-0.05, 0) is 62.4 Å². The number of benzene rings is 6. The van der Waals surface area contributed by atoms with Crippen LogP contribution in [-0.2, 0) is 5.41 Å². The maximum Gasteiger partial charge on any atom is 0.164 e. The molecule has 0 unspecified atom stereocenters. The molecule has 0 N–H and O–H groups in total. The van der Waals surface area contributed by atoms with E-state index >= 15 is 0 Å². The van der Waals surface area contributed by atoms with Crippen molar-refractivity contribution in [3.63, 3.8) is 0 Å². The molecule has 0 aliphatic heterocycles. The SMILES string of the molecule is CC1(C)c2ccccc2-c2cccc(-c3nc(-c4ccccc4)nc(-c4ccc(-c5ccc6cc(C#N)ccc6c5)cc4)n3)c21. The number of hydrogen-bond donors (Lipinski definition) is 0. The van der Waals surface area contributed by atoms with E-state index in [0.29, 0.717) is 23.0 Å². The Morgan fingerprint density at radius 2 is 1.07 bits per heavy atom. The van der Waals surface area contributed by atoms with Crippen molar-refractivity contribution in [3.8, 4) is 62.5 Å². The van der Waals surface area contributed by atoms with Crippen LogP contribution in [-0.4, -0.2) is 15.0 Å². The lowest BCUT2D eigenvalue weighted by Gasteiger charge is -2.24. The molecule has 8 rings (SSSR count). The predicted molar refractivity (Wildman–Crippen MR) is 181 cm³/mol. The second-order valence-corrected chi connectivity index (χ2v) is 12.0. The maximum atomic E-state index is 9.25. The zero-order valence-corrected chi connectivity index (χ0v) is 25.0. The Morgan fingerprint density at radius 3 is 1.84 bits per heavy atom. The zero-order valence-electron chi connectivity index (χ0n) is 25.0. The van der Waals surface area contributed by atoms with Crippen LogP contribution < -0.4 is 0 Å². The van der Waals surface area contributed by atoms with Crippen LogP contribution in [0.4, 0.5) is 0 Å². The fourth-order valence-electron chi connectivity index (χ4n) is 6.68. The highest BCUT2D eigenvalue weighted by atomic mass is 15.0. The van der Waals surface area contributed by atoms with Crippen molar-refractivity contribution in [3.05, 3.63) is 150 Å². The third-order valence-corrected chi connectivity index (χ3v) is 8.93. The molecule has 45 heavy (non-hydrogen) atoms. The fraction of sp³-hybridized carbons (Fsp3) is 0.0732. The van der Waals surface area contributed by atoms with Gasteiger partial charge in [-0.15, -0.1) is 0 Å². The van der Waals surface area contributed by atoms with Gasteiger partial charge in [-0.2, -0.15) is 5.26 Å². The maximum absolute atomic E-state index is 9.25. The van der Waals surface area contributed by atoms with Gasteiger partial charge in [0.25, 0.3) is 0 Å². The van der Waals surface area contributed by atoms with E-state index in [1.165, 1.54) is 22.3 Å². The molecule has 0 bridgehead atoms. The summed E-state index contributed by atoms with van der Waals surface area (Å²) in [4.78, 5) is 15.2. The molecule has 4 nitrogen and oxygen atoms in total. The van der Waals surface area contributed by atoms with Crippen molar-refractivity contribution in [2.75, 3.05) is 0 Å². The van der Waals surface area contributed by atoms with Crippen LogP contribution in [0.2, 0.25) is 0 Å². The van der Waals surface area contributed by atoms with Crippen molar-refractivity contribution in [1.29, 1.82) is 5.26 Å². The first-order chi connectivity index (χ1) is 22.0. The Morgan fingerprint density at radius 1 is 0.489 bits per heavy atom. The third-order valence-electron chi connectivity index (χ3n) is 8.93. The van der Waals surface area contributed by atoms with Crippen molar-refractivity contribution in [1.82, 2.24) is 15.0 Å². The Labute approximate surface area is 262 Å². The highest BCUT2D eigenvalue weighted by molar-refractivity contribution is 5.89. The fourth-order valence-corrected chi connectivity index (χ4v) is 6.68. The van der Waals surface area contributed by atoms with Crippen LogP contribution in [0.3, 0.4) is 0 Å². The molecule has 4 heteroatoms. The summed E-state index contributed by atoms with van der Waals surface area (Å²) in [6, 6.07) is 48.0. The van der Waals surface area contributed by atoms with Gasteiger partial charge < -0.3 is 0 Å². The van der Waals surface area contributed by atoms with Crippen LogP contribution in [0.25, 0.3) is 67.2 Å². The van der Waals surface area contributed by atoms with Crippen LogP contribution in [0.5, 0.6) is 0 Å². The molecular formula is C41H28N4. The average Bonchev–Trinajstić information content (AvgIpc) is 3.34. The molecule has 1 heterocycles. The molecule has 0 saturated carbocycles. The van der Waals surface area contributed by atoms with E-state index in [2.05, 4.69) is 105 Å². The second-order valence-electron chi connectivity index (χ2n) is 12.0. The number of hydrogen-bond acceptors (Lipinski definition) is 4. The normalized spacial score (nSPS) is 12.8. The molecule has 6 aromatic carbocycles. The minimum atomic E-state index is -0.195. The Bertz CT molecular complexity index is 2300. The minimum absolute atomic E-state index is 0.195. The summed E-state index contributed by atoms with van der Waals surface area (Å²) in [5.74, 6) is 1.96. The van der Waals surface area contributed by atoms with Gasteiger partial charge in [0, 0.05) is 22.1 Å². The number of nitriles is 1. The van der Waals surface area contributed by atoms with Crippen molar-refractivity contribution in [2.24, 2.45) is 0 Å². The summed E-state index contributed by atoms with van der Waals surface area (Å²) in [6.45, 7) is 4.57. The molecular weight excluding hydrogens is 548 g/mol. The van der Waals surface area contributed by atoms with Gasteiger partial charge in [0.05, 0.1) is 11.6 Å². The summed E-state index contributed by atoms with van der Waals surface area (Å²) >= 11 is 0. The molecule has 0 amide bonds. The van der Waals surface area contributed by atoms with E-state index in [9.17, 15) is 5.26 Å². The van der Waals surface area contributed by atoms with Crippen LogP contribution in [0.1, 0.15) is 30.5 Å². The van der Waals surface area contributed by atoms with Crippen molar-refractivity contribution < 1.29 is 0 Å². The van der Waals surface area contributed by atoms with Gasteiger partial charge in [0.2, 0.25) is 0 Å². The molecule has 0 spiro atoms. The predicted octanol–water partition coefficient (Wildman–Crippen LogP) is 9.87. The van der Waals surface area contributed by atoms with E-state index in [4.69, 9.17) is 15.0 Å². The van der Waals surface area contributed by atoms with E-state index in [-0.39, 0.29) is 5.41 Å². The van der Waals surface area contributed by atoms with Gasteiger partial charge in [-0.25, -0.2) is 15.0 Å². The van der Waals surface area contributed by atoms with Gasteiger partial charge in [-0.1, -0.05) is 129 Å². The second kappa shape index (κ2) is 10.4. The number of aromatic nitrogens is 3. The first-order valence-corrected chi connectivity index (χ1v) is 15.1. The topological polar surface area (TPSA) is 62.5 Å². The first-order valence-electron chi connectivity index (χ1n) is 15.1. The highest BCUT2D eigenvalue weighted by Gasteiger charge is 2.37. The van der Waals surface area contributed by atoms with E-state index < -0.39 is 0 Å². The van der Waals surface area contributed by atoms with Crippen LogP contribution in [0.15, 0.2) is 133 Å². The summed E-state index contributed by atoms with van der Waals surface area (Å²) in [5.41, 5.74) is 10.7. The molecule has 1 aliphatic rings. The highest BCUT2D eigenvalue weighted by Crippen LogP contribution is 2.51. The smallest absolute Gasteiger partial charge is 0.164 e. The first kappa shape index (κ1) is 26.7. The van der Waals surface area contributed by atoms with E-state index in [1.807, 2.05) is 48.5 Å². The molecule has 1 aliphatic carbocycles.